The van der Waals surface area contributed by atoms with Crippen molar-refractivity contribution in [2.24, 2.45) is 5.92 Å². The maximum Gasteiger partial charge on any atom is 0.147 e. The molecule has 1 aliphatic rings. The fourth-order valence-electron chi connectivity index (χ4n) is 2.84. The van der Waals surface area contributed by atoms with Gasteiger partial charge in [-0.15, -0.1) is 0 Å². The maximum absolute atomic E-state index is 8.85. The zero-order valence-corrected chi connectivity index (χ0v) is 13.5. The number of rotatable bonds is 4. The Morgan fingerprint density at radius 3 is 2.82 bits per heavy atom. The Morgan fingerprint density at radius 1 is 1.41 bits per heavy atom. The van der Waals surface area contributed by atoms with Crippen molar-refractivity contribution in [3.63, 3.8) is 0 Å². The molecule has 22 heavy (non-hydrogen) atoms. The number of imidazole rings is 1. The molecule has 0 N–H and O–H groups in total. The van der Waals surface area contributed by atoms with Gasteiger partial charge in [-0.05, 0) is 6.07 Å². The standard InChI is InChI=1S/C16H18ClN5/c1-11(2)15-19-3-4-21(15)8-13-9-22(10-13)16-14(17)5-12(6-18)7-20-16/h3-5,7,11,13H,8-10H2,1-2H3. The minimum Gasteiger partial charge on any atom is -0.355 e. The molecule has 3 heterocycles. The van der Waals surface area contributed by atoms with Crippen LogP contribution in [-0.4, -0.2) is 27.6 Å². The Balaban J connectivity index is 1.63. The number of hydrogen-bond donors (Lipinski definition) is 0. The summed E-state index contributed by atoms with van der Waals surface area (Å²) in [6, 6.07) is 3.72. The van der Waals surface area contributed by atoms with E-state index in [1.165, 1.54) is 0 Å². The van der Waals surface area contributed by atoms with E-state index in [1.54, 1.807) is 12.3 Å². The monoisotopic (exact) mass is 315 g/mol. The first-order chi connectivity index (χ1) is 10.6. The summed E-state index contributed by atoms with van der Waals surface area (Å²) in [6.45, 7) is 7.14. The third-order valence-electron chi connectivity index (χ3n) is 3.93. The van der Waals surface area contributed by atoms with E-state index in [2.05, 4.69) is 33.3 Å². The molecular formula is C16H18ClN5. The van der Waals surface area contributed by atoms with Gasteiger partial charge in [-0.25, -0.2) is 9.97 Å². The van der Waals surface area contributed by atoms with Gasteiger partial charge in [0, 0.05) is 50.1 Å². The van der Waals surface area contributed by atoms with Crippen molar-refractivity contribution in [3.8, 4) is 6.07 Å². The van der Waals surface area contributed by atoms with Crippen molar-refractivity contribution in [1.82, 2.24) is 14.5 Å². The van der Waals surface area contributed by atoms with E-state index < -0.39 is 0 Å². The Bertz CT molecular complexity index is 710. The highest BCUT2D eigenvalue weighted by Crippen LogP contribution is 2.30. The average Bonchev–Trinajstić information content (AvgIpc) is 2.91. The molecule has 0 atom stereocenters. The molecule has 1 fully saturated rings. The van der Waals surface area contributed by atoms with Crippen LogP contribution in [0.2, 0.25) is 5.02 Å². The summed E-state index contributed by atoms with van der Waals surface area (Å²) >= 11 is 6.20. The Hall–Kier alpha value is -2.06. The Kier molecular flexibility index (Phi) is 4.04. The third kappa shape index (κ3) is 2.79. The van der Waals surface area contributed by atoms with E-state index in [0.717, 1.165) is 31.3 Å². The van der Waals surface area contributed by atoms with Crippen LogP contribution in [0.1, 0.15) is 31.2 Å². The van der Waals surface area contributed by atoms with Gasteiger partial charge in [-0.3, -0.25) is 0 Å². The van der Waals surface area contributed by atoms with E-state index in [4.69, 9.17) is 16.9 Å². The average molecular weight is 316 g/mol. The van der Waals surface area contributed by atoms with Crippen LogP contribution in [0.25, 0.3) is 0 Å². The number of pyridine rings is 1. The first-order valence-electron chi connectivity index (χ1n) is 7.40. The molecule has 0 spiro atoms. The first-order valence-corrected chi connectivity index (χ1v) is 7.78. The van der Waals surface area contributed by atoms with Gasteiger partial charge >= 0.3 is 0 Å². The van der Waals surface area contributed by atoms with Crippen LogP contribution in [0.4, 0.5) is 5.82 Å². The zero-order valence-electron chi connectivity index (χ0n) is 12.7. The van der Waals surface area contributed by atoms with Gasteiger partial charge < -0.3 is 9.47 Å². The predicted octanol–water partition coefficient (Wildman–Crippen LogP) is 3.06. The lowest BCUT2D eigenvalue weighted by molar-refractivity contribution is 0.349. The number of anilines is 1. The van der Waals surface area contributed by atoms with Gasteiger partial charge in [0.2, 0.25) is 0 Å². The Labute approximate surface area is 135 Å². The molecular weight excluding hydrogens is 298 g/mol. The van der Waals surface area contributed by atoms with E-state index in [1.807, 2.05) is 18.5 Å². The number of nitrogens with zero attached hydrogens (tertiary/aromatic N) is 5. The number of aromatic nitrogens is 3. The van der Waals surface area contributed by atoms with Gasteiger partial charge in [0.05, 0.1) is 10.6 Å². The first kappa shape index (κ1) is 14.9. The highest BCUT2D eigenvalue weighted by Gasteiger charge is 2.30. The second-order valence-electron chi connectivity index (χ2n) is 6.00. The van der Waals surface area contributed by atoms with Crippen LogP contribution in [0.5, 0.6) is 0 Å². The summed E-state index contributed by atoms with van der Waals surface area (Å²) in [7, 11) is 0. The molecule has 0 saturated carbocycles. The van der Waals surface area contributed by atoms with E-state index in [-0.39, 0.29) is 0 Å². The Morgan fingerprint density at radius 2 is 2.18 bits per heavy atom. The predicted molar refractivity (Wildman–Crippen MR) is 86.0 cm³/mol. The summed E-state index contributed by atoms with van der Waals surface area (Å²) in [5.74, 6) is 2.90. The lowest BCUT2D eigenvalue weighted by Crippen LogP contribution is -2.49. The third-order valence-corrected chi connectivity index (χ3v) is 4.20. The molecule has 1 aliphatic heterocycles. The van der Waals surface area contributed by atoms with Gasteiger partial charge in [-0.1, -0.05) is 25.4 Å². The van der Waals surface area contributed by atoms with Crippen molar-refractivity contribution in [2.75, 3.05) is 18.0 Å². The second-order valence-corrected chi connectivity index (χ2v) is 6.41. The molecule has 0 radical (unpaired) electrons. The molecule has 2 aromatic heterocycles. The number of hydrogen-bond acceptors (Lipinski definition) is 4. The van der Waals surface area contributed by atoms with E-state index >= 15 is 0 Å². The quantitative estimate of drug-likeness (QED) is 0.870. The molecule has 0 aliphatic carbocycles. The van der Waals surface area contributed by atoms with Crippen molar-refractivity contribution >= 4 is 17.4 Å². The molecule has 114 valence electrons. The fourth-order valence-corrected chi connectivity index (χ4v) is 3.12. The minimum atomic E-state index is 0.431. The van der Waals surface area contributed by atoms with Crippen molar-refractivity contribution in [2.45, 2.75) is 26.3 Å². The van der Waals surface area contributed by atoms with Crippen molar-refractivity contribution < 1.29 is 0 Å². The van der Waals surface area contributed by atoms with E-state index in [0.29, 0.717) is 22.4 Å². The SMILES string of the molecule is CC(C)c1nccn1CC1CN(c2ncc(C#N)cc2Cl)C1. The molecule has 3 rings (SSSR count). The molecule has 1 saturated heterocycles. The zero-order chi connectivity index (χ0) is 15.7. The molecule has 0 bridgehead atoms. The van der Waals surface area contributed by atoms with Crippen LogP contribution in [-0.2, 0) is 6.54 Å². The molecule has 0 unspecified atom stereocenters. The number of halogens is 1. The highest BCUT2D eigenvalue weighted by molar-refractivity contribution is 6.33. The van der Waals surface area contributed by atoms with Crippen LogP contribution in [0.3, 0.4) is 0 Å². The molecule has 0 amide bonds. The lowest BCUT2D eigenvalue weighted by atomic mass is 9.99. The maximum atomic E-state index is 8.85. The highest BCUT2D eigenvalue weighted by atomic mass is 35.5. The van der Waals surface area contributed by atoms with Crippen molar-refractivity contribution in [1.29, 1.82) is 5.26 Å². The molecule has 6 heteroatoms. The summed E-state index contributed by atoms with van der Waals surface area (Å²) in [5, 5.41) is 9.39. The molecule has 5 nitrogen and oxygen atoms in total. The second kappa shape index (κ2) is 5.98. The van der Waals surface area contributed by atoms with Crippen molar-refractivity contribution in [3.05, 3.63) is 41.1 Å². The van der Waals surface area contributed by atoms with Crippen LogP contribution in [0, 0.1) is 17.2 Å². The number of nitriles is 1. The summed E-state index contributed by atoms with van der Waals surface area (Å²) in [6.07, 6.45) is 5.48. The van der Waals surface area contributed by atoms with Gasteiger partial charge in [0.15, 0.2) is 0 Å². The summed E-state index contributed by atoms with van der Waals surface area (Å²) in [4.78, 5) is 10.9. The smallest absolute Gasteiger partial charge is 0.147 e. The minimum absolute atomic E-state index is 0.431. The van der Waals surface area contributed by atoms with Crippen LogP contribution in [0.15, 0.2) is 24.7 Å². The van der Waals surface area contributed by atoms with Gasteiger partial charge in [-0.2, -0.15) is 5.26 Å². The van der Waals surface area contributed by atoms with Crippen LogP contribution < -0.4 is 4.90 Å². The van der Waals surface area contributed by atoms with Crippen LogP contribution >= 0.6 is 11.6 Å². The summed E-state index contributed by atoms with van der Waals surface area (Å²) in [5.41, 5.74) is 0.491. The van der Waals surface area contributed by atoms with Gasteiger partial charge in [0.1, 0.15) is 17.7 Å². The molecule has 2 aromatic rings. The fraction of sp³-hybridized carbons (Fsp3) is 0.438. The van der Waals surface area contributed by atoms with Gasteiger partial charge in [0.25, 0.3) is 0 Å². The summed E-state index contributed by atoms with van der Waals surface area (Å²) < 4.78 is 2.24. The lowest BCUT2D eigenvalue weighted by Gasteiger charge is -2.41. The topological polar surface area (TPSA) is 57.7 Å². The largest absolute Gasteiger partial charge is 0.355 e. The van der Waals surface area contributed by atoms with E-state index in [9.17, 15) is 0 Å². The normalized spacial score (nSPS) is 15.0. The molecule has 0 aromatic carbocycles.